The molecule has 7 rings (SSSR count). The van der Waals surface area contributed by atoms with E-state index in [0.717, 1.165) is 44.6 Å². The Hall–Kier alpha value is -4.47. The maximum atomic E-state index is 6.47. The van der Waals surface area contributed by atoms with Gasteiger partial charge in [-0.15, -0.1) is 35.7 Å². The SMILES string of the molecule is Cc1cc(C)c(-c2cn(-c3[c-]c(Oc4[c-]c5c(cc4)c4ccccc4n5-c4cc(C(C)(C)C)ccn4)ccc3)nc2C(C)(C)C)c(C)c1.[Pt+2]. The molecule has 6 heteroatoms. The molecule has 0 amide bonds. The minimum atomic E-state index is -0.150. The van der Waals surface area contributed by atoms with Crippen LogP contribution < -0.4 is 4.74 Å². The molecule has 0 aliphatic heterocycles. The normalized spacial score (nSPS) is 12.0. The molecule has 0 aliphatic rings. The molecule has 4 aromatic carbocycles. The Bertz CT molecular complexity index is 2310. The minimum Gasteiger partial charge on any atom is -0.509 e. The first kappa shape index (κ1) is 34.4. The molecular weight excluding hydrogens is 784 g/mol. The van der Waals surface area contributed by atoms with Crippen LogP contribution in [-0.2, 0) is 31.9 Å². The van der Waals surface area contributed by atoms with E-state index < -0.39 is 0 Å². The number of fused-ring (bicyclic) bond motifs is 3. The summed E-state index contributed by atoms with van der Waals surface area (Å²) >= 11 is 0. The van der Waals surface area contributed by atoms with Crippen molar-refractivity contribution in [3.8, 4) is 34.1 Å². The van der Waals surface area contributed by atoms with E-state index in [2.05, 4.69) is 140 Å². The third-order valence-electron chi connectivity index (χ3n) is 8.99. The zero-order valence-corrected chi connectivity index (χ0v) is 31.9. The first-order chi connectivity index (χ1) is 22.8. The van der Waals surface area contributed by atoms with Crippen LogP contribution in [0, 0.1) is 32.9 Å². The van der Waals surface area contributed by atoms with Crippen LogP contribution in [0.25, 0.3) is 44.4 Å². The fraction of sp³-hybridized carbons (Fsp3) is 0.256. The number of para-hydroxylation sites is 1. The topological polar surface area (TPSA) is 44.9 Å². The van der Waals surface area contributed by atoms with Gasteiger partial charge in [-0.1, -0.05) is 83.0 Å². The molecule has 0 bridgehead atoms. The predicted octanol–water partition coefficient (Wildman–Crippen LogP) is 10.9. The fourth-order valence-electron chi connectivity index (χ4n) is 6.77. The van der Waals surface area contributed by atoms with Crippen LogP contribution in [-0.4, -0.2) is 19.3 Å². The van der Waals surface area contributed by atoms with Gasteiger partial charge in [0.25, 0.3) is 0 Å². The van der Waals surface area contributed by atoms with Gasteiger partial charge < -0.3 is 9.30 Å². The van der Waals surface area contributed by atoms with Gasteiger partial charge in [-0.3, -0.25) is 4.68 Å². The molecule has 0 radical (unpaired) electrons. The maximum Gasteiger partial charge on any atom is 2.00 e. The Morgan fingerprint density at radius 2 is 1.43 bits per heavy atom. The van der Waals surface area contributed by atoms with Crippen molar-refractivity contribution in [2.75, 3.05) is 0 Å². The van der Waals surface area contributed by atoms with E-state index in [1.807, 2.05) is 35.1 Å². The number of nitrogens with zero attached hydrogens (tertiary/aromatic N) is 4. The van der Waals surface area contributed by atoms with E-state index in [0.29, 0.717) is 11.5 Å². The summed E-state index contributed by atoms with van der Waals surface area (Å²) in [6, 6.07) is 34.3. The number of aryl methyl sites for hydroxylation is 3. The quantitative estimate of drug-likeness (QED) is 0.162. The number of hydrogen-bond acceptors (Lipinski definition) is 3. The number of benzene rings is 4. The predicted molar refractivity (Wildman–Crippen MR) is 197 cm³/mol. The van der Waals surface area contributed by atoms with Gasteiger partial charge in [0, 0.05) is 40.4 Å². The molecule has 3 heterocycles. The zero-order valence-electron chi connectivity index (χ0n) is 29.7. The van der Waals surface area contributed by atoms with Crippen LogP contribution >= 0.6 is 0 Å². The first-order valence-corrected chi connectivity index (χ1v) is 16.6. The van der Waals surface area contributed by atoms with Crippen LogP contribution in [0.1, 0.15) is 69.5 Å². The Kier molecular flexibility index (Phi) is 8.96. The average molecular weight is 826 g/mol. The van der Waals surface area contributed by atoms with E-state index in [9.17, 15) is 0 Å². The van der Waals surface area contributed by atoms with E-state index in [1.54, 1.807) is 0 Å². The van der Waals surface area contributed by atoms with Crippen molar-refractivity contribution in [3.63, 3.8) is 0 Å². The third kappa shape index (κ3) is 6.49. The van der Waals surface area contributed by atoms with Gasteiger partial charge in [-0.05, 0) is 77.7 Å². The summed E-state index contributed by atoms with van der Waals surface area (Å²) in [6.07, 6.45) is 4.03. The summed E-state index contributed by atoms with van der Waals surface area (Å²) in [7, 11) is 0. The van der Waals surface area contributed by atoms with Gasteiger partial charge in [-0.2, -0.15) is 17.2 Å². The molecule has 250 valence electrons. The first-order valence-electron chi connectivity index (χ1n) is 16.6. The van der Waals surface area contributed by atoms with Crippen LogP contribution in [0.4, 0.5) is 0 Å². The molecule has 0 N–H and O–H groups in total. The molecule has 0 saturated carbocycles. The van der Waals surface area contributed by atoms with Crippen molar-refractivity contribution in [1.82, 2.24) is 19.3 Å². The summed E-state index contributed by atoms with van der Waals surface area (Å²) in [5, 5.41) is 7.37. The second kappa shape index (κ2) is 12.8. The summed E-state index contributed by atoms with van der Waals surface area (Å²) in [5.41, 5.74) is 11.1. The average Bonchev–Trinajstić information content (AvgIpc) is 3.61. The zero-order chi connectivity index (χ0) is 34.0. The molecule has 0 spiro atoms. The van der Waals surface area contributed by atoms with Crippen molar-refractivity contribution in [2.45, 2.75) is 73.1 Å². The van der Waals surface area contributed by atoms with Gasteiger partial charge in [0.15, 0.2) is 0 Å². The molecule has 0 aliphatic carbocycles. The van der Waals surface area contributed by atoms with Crippen molar-refractivity contribution >= 4 is 21.8 Å². The largest absolute Gasteiger partial charge is 2.00 e. The number of ether oxygens (including phenoxy) is 1. The summed E-state index contributed by atoms with van der Waals surface area (Å²) in [4.78, 5) is 4.80. The third-order valence-corrected chi connectivity index (χ3v) is 8.99. The van der Waals surface area contributed by atoms with E-state index in [4.69, 9.17) is 14.8 Å². The monoisotopic (exact) mass is 825 g/mol. The summed E-state index contributed by atoms with van der Waals surface area (Å²) in [6.45, 7) is 19.8. The van der Waals surface area contributed by atoms with Crippen molar-refractivity contribution < 1.29 is 25.8 Å². The molecule has 0 saturated heterocycles. The molecule has 49 heavy (non-hydrogen) atoms. The molecule has 7 aromatic rings. The summed E-state index contributed by atoms with van der Waals surface area (Å²) in [5.74, 6) is 2.06. The molecule has 0 unspecified atom stereocenters. The van der Waals surface area contributed by atoms with E-state index in [1.165, 1.54) is 27.8 Å². The minimum absolute atomic E-state index is 0. The number of rotatable bonds is 5. The van der Waals surface area contributed by atoms with Crippen molar-refractivity contribution in [3.05, 3.63) is 131 Å². The number of hydrogen-bond donors (Lipinski definition) is 0. The standard InChI is InChI=1S/C43H42N4O.Pt/c1-27-21-28(2)40(29(3)22-27)36-26-46(45-41(36)43(7,8)9)31-13-12-14-32(24-31)48-33-17-18-35-34-15-10-11-16-37(34)47(38(35)25-33)39-23-30(19-20-44-39)42(4,5)6;/h10-23,26H,1-9H3;/q-2;+2. The number of aromatic nitrogens is 4. The Balaban J connectivity index is 0.00000417. The molecule has 0 fully saturated rings. The van der Waals surface area contributed by atoms with Crippen LogP contribution in [0.5, 0.6) is 11.5 Å². The van der Waals surface area contributed by atoms with Crippen molar-refractivity contribution in [2.24, 2.45) is 0 Å². The fourth-order valence-corrected chi connectivity index (χ4v) is 6.77. The molecule has 5 nitrogen and oxygen atoms in total. The summed E-state index contributed by atoms with van der Waals surface area (Å²) < 4.78 is 10.6. The van der Waals surface area contributed by atoms with Crippen LogP contribution in [0.2, 0.25) is 0 Å². The second-order valence-corrected chi connectivity index (χ2v) is 15.0. The van der Waals surface area contributed by atoms with Crippen molar-refractivity contribution in [1.29, 1.82) is 0 Å². The van der Waals surface area contributed by atoms with Crippen LogP contribution in [0.15, 0.2) is 91.3 Å². The Morgan fingerprint density at radius 1 is 0.714 bits per heavy atom. The van der Waals surface area contributed by atoms with Gasteiger partial charge in [-0.25, -0.2) is 4.98 Å². The van der Waals surface area contributed by atoms with E-state index >= 15 is 0 Å². The second-order valence-electron chi connectivity index (χ2n) is 15.0. The maximum absolute atomic E-state index is 6.47. The molecular formula is C43H42N4OPt. The molecule has 0 atom stereocenters. The van der Waals surface area contributed by atoms with Gasteiger partial charge in [0.05, 0.1) is 5.69 Å². The van der Waals surface area contributed by atoms with E-state index in [-0.39, 0.29) is 31.9 Å². The van der Waals surface area contributed by atoms with Gasteiger partial charge in [0.1, 0.15) is 5.82 Å². The Labute approximate surface area is 304 Å². The van der Waals surface area contributed by atoms with Crippen LogP contribution in [0.3, 0.4) is 0 Å². The number of pyridine rings is 1. The van der Waals surface area contributed by atoms with Gasteiger partial charge in [0.2, 0.25) is 0 Å². The smallest absolute Gasteiger partial charge is 0.509 e. The Morgan fingerprint density at radius 3 is 2.14 bits per heavy atom. The molecule has 3 aromatic heterocycles. The van der Waals surface area contributed by atoms with Gasteiger partial charge >= 0.3 is 21.1 Å².